The smallest absolute Gasteiger partial charge is 0.164 e. The van der Waals surface area contributed by atoms with Crippen LogP contribution in [-0.4, -0.2) is 15.3 Å². The zero-order chi connectivity index (χ0) is 15.9. The van der Waals surface area contributed by atoms with Crippen molar-refractivity contribution in [1.29, 1.82) is 0 Å². The number of aromatic nitrogens is 2. The number of Topliss-reactive ketones (excluding diaryl/α,β-unsaturated/α-hetero) is 1. The van der Waals surface area contributed by atoms with Crippen LogP contribution in [0.25, 0.3) is 11.0 Å². The zero-order valence-corrected chi connectivity index (χ0v) is 12.6. The van der Waals surface area contributed by atoms with E-state index < -0.39 is 0 Å². The summed E-state index contributed by atoms with van der Waals surface area (Å²) in [7, 11) is 1.80. The van der Waals surface area contributed by atoms with Crippen LogP contribution < -0.4 is 5.32 Å². The second kappa shape index (κ2) is 5.26. The molecule has 0 bridgehead atoms. The van der Waals surface area contributed by atoms with Crippen molar-refractivity contribution in [2.75, 3.05) is 5.32 Å². The van der Waals surface area contributed by atoms with E-state index >= 15 is 0 Å². The maximum absolute atomic E-state index is 14.1. The lowest BCUT2D eigenvalue weighted by molar-refractivity contribution is 0.102. The minimum absolute atomic E-state index is 0.0892. The molecule has 0 aliphatic heterocycles. The summed E-state index contributed by atoms with van der Waals surface area (Å²) >= 11 is 0. The van der Waals surface area contributed by atoms with Crippen molar-refractivity contribution in [3.05, 3.63) is 53.5 Å². The number of hydrogen-bond donors (Lipinski definition) is 1. The second-order valence-corrected chi connectivity index (χ2v) is 5.32. The Balaban J connectivity index is 2.20. The topological polar surface area (TPSA) is 46.9 Å². The van der Waals surface area contributed by atoms with E-state index in [4.69, 9.17) is 0 Å². The van der Waals surface area contributed by atoms with E-state index in [2.05, 4.69) is 10.3 Å². The summed E-state index contributed by atoms with van der Waals surface area (Å²) in [6, 6.07) is 8.57. The van der Waals surface area contributed by atoms with Crippen LogP contribution >= 0.6 is 0 Å². The molecule has 0 unspecified atom stereocenters. The average molecular weight is 297 g/mol. The van der Waals surface area contributed by atoms with Gasteiger partial charge in [0.25, 0.3) is 0 Å². The number of benzene rings is 1. The van der Waals surface area contributed by atoms with Gasteiger partial charge in [-0.2, -0.15) is 0 Å². The van der Waals surface area contributed by atoms with Gasteiger partial charge in [-0.05, 0) is 43.7 Å². The van der Waals surface area contributed by atoms with E-state index in [0.29, 0.717) is 22.7 Å². The molecule has 0 saturated carbocycles. The number of carbonyl (C=O) groups excluding carboxylic acids is 1. The predicted octanol–water partition coefficient (Wildman–Crippen LogP) is 3.97. The highest BCUT2D eigenvalue weighted by molar-refractivity contribution is 6.11. The van der Waals surface area contributed by atoms with Crippen LogP contribution in [0, 0.1) is 12.7 Å². The summed E-state index contributed by atoms with van der Waals surface area (Å²) in [6.45, 7) is 3.33. The van der Waals surface area contributed by atoms with E-state index in [1.807, 2.05) is 19.1 Å². The van der Waals surface area contributed by atoms with Crippen molar-refractivity contribution >= 4 is 28.3 Å². The number of fused-ring (bicyclic) bond motifs is 1. The maximum Gasteiger partial charge on any atom is 0.164 e. The Morgan fingerprint density at radius 1 is 1.32 bits per heavy atom. The van der Waals surface area contributed by atoms with Gasteiger partial charge in [-0.25, -0.2) is 9.37 Å². The number of rotatable bonds is 3. The van der Waals surface area contributed by atoms with E-state index in [0.717, 1.165) is 10.9 Å². The van der Waals surface area contributed by atoms with Gasteiger partial charge >= 0.3 is 0 Å². The zero-order valence-electron chi connectivity index (χ0n) is 12.6. The van der Waals surface area contributed by atoms with Crippen LogP contribution in [0.1, 0.15) is 22.8 Å². The van der Waals surface area contributed by atoms with Crippen LogP contribution in [0.15, 0.2) is 36.5 Å². The molecule has 0 aliphatic carbocycles. The van der Waals surface area contributed by atoms with E-state index in [1.165, 1.54) is 13.0 Å². The molecule has 2 aromatic heterocycles. The Labute approximate surface area is 127 Å². The summed E-state index contributed by atoms with van der Waals surface area (Å²) < 4.78 is 15.9. The molecule has 0 saturated heterocycles. The second-order valence-electron chi connectivity index (χ2n) is 5.32. The molecule has 112 valence electrons. The van der Waals surface area contributed by atoms with Gasteiger partial charge in [0, 0.05) is 18.6 Å². The lowest BCUT2D eigenvalue weighted by atomic mass is 10.1. The lowest BCUT2D eigenvalue weighted by Crippen LogP contribution is -2.04. The number of pyridine rings is 1. The van der Waals surface area contributed by atoms with Gasteiger partial charge in [-0.3, -0.25) is 4.79 Å². The maximum atomic E-state index is 14.1. The fourth-order valence-corrected chi connectivity index (χ4v) is 2.61. The van der Waals surface area contributed by atoms with Gasteiger partial charge in [0.2, 0.25) is 0 Å². The quantitative estimate of drug-likeness (QED) is 0.744. The summed E-state index contributed by atoms with van der Waals surface area (Å²) in [5.74, 6) is 0.102. The molecule has 22 heavy (non-hydrogen) atoms. The summed E-state index contributed by atoms with van der Waals surface area (Å²) in [5.41, 5.74) is 2.38. The van der Waals surface area contributed by atoms with Gasteiger partial charge in [0.1, 0.15) is 17.3 Å². The van der Waals surface area contributed by atoms with Crippen LogP contribution in [0.3, 0.4) is 0 Å². The third kappa shape index (κ3) is 2.24. The molecule has 0 radical (unpaired) electrons. The minimum atomic E-state index is -0.354. The van der Waals surface area contributed by atoms with Crippen molar-refractivity contribution in [3.63, 3.8) is 0 Å². The molecule has 4 nitrogen and oxygen atoms in total. The minimum Gasteiger partial charge on any atom is -0.339 e. The molecule has 0 spiro atoms. The van der Waals surface area contributed by atoms with Crippen LogP contribution in [0.5, 0.6) is 0 Å². The van der Waals surface area contributed by atoms with E-state index in [1.54, 1.807) is 29.9 Å². The molecule has 0 atom stereocenters. The van der Waals surface area contributed by atoms with Crippen molar-refractivity contribution < 1.29 is 9.18 Å². The molecule has 0 amide bonds. The molecule has 0 aliphatic rings. The van der Waals surface area contributed by atoms with E-state index in [-0.39, 0.29) is 11.6 Å². The number of anilines is 2. The predicted molar refractivity (Wildman–Crippen MR) is 85.1 cm³/mol. The standard InChI is InChI=1S/C17H16FN3O/c1-10-6-7-14(13(18)9-10)20-17-15(11(2)22)12-5-4-8-19-16(12)21(17)3/h4-9,20H,1-3H3. The summed E-state index contributed by atoms with van der Waals surface area (Å²) in [5, 5.41) is 3.79. The molecule has 0 fully saturated rings. The van der Waals surface area contributed by atoms with Crippen LogP contribution in [0.4, 0.5) is 15.9 Å². The molecule has 2 heterocycles. The third-order valence-corrected chi connectivity index (χ3v) is 3.68. The van der Waals surface area contributed by atoms with Gasteiger partial charge in [0.15, 0.2) is 5.78 Å². The molecular weight excluding hydrogens is 281 g/mol. The molecule has 5 heteroatoms. The first-order chi connectivity index (χ1) is 10.5. The Morgan fingerprint density at radius 3 is 2.77 bits per heavy atom. The van der Waals surface area contributed by atoms with Gasteiger partial charge in [0.05, 0.1) is 11.3 Å². The number of halogens is 1. The number of nitrogens with zero attached hydrogens (tertiary/aromatic N) is 2. The first-order valence-electron chi connectivity index (χ1n) is 6.96. The summed E-state index contributed by atoms with van der Waals surface area (Å²) in [6.07, 6.45) is 1.67. The molecule has 3 rings (SSSR count). The summed E-state index contributed by atoms with van der Waals surface area (Å²) in [4.78, 5) is 16.3. The molecule has 1 aromatic carbocycles. The Morgan fingerprint density at radius 2 is 2.09 bits per heavy atom. The van der Waals surface area contributed by atoms with Gasteiger partial charge in [-0.15, -0.1) is 0 Å². The van der Waals surface area contributed by atoms with Gasteiger partial charge < -0.3 is 9.88 Å². The Hall–Kier alpha value is -2.69. The first kappa shape index (κ1) is 14.3. The number of hydrogen-bond acceptors (Lipinski definition) is 3. The normalized spacial score (nSPS) is 10.9. The van der Waals surface area contributed by atoms with Crippen LogP contribution in [-0.2, 0) is 7.05 Å². The number of nitrogens with one attached hydrogen (secondary N) is 1. The SMILES string of the molecule is CC(=O)c1c(Nc2ccc(C)cc2F)n(C)c2ncccc12. The fourth-order valence-electron chi connectivity index (χ4n) is 2.61. The van der Waals surface area contributed by atoms with Crippen molar-refractivity contribution in [3.8, 4) is 0 Å². The van der Waals surface area contributed by atoms with Crippen molar-refractivity contribution in [1.82, 2.24) is 9.55 Å². The van der Waals surface area contributed by atoms with Crippen molar-refractivity contribution in [2.24, 2.45) is 7.05 Å². The Kier molecular flexibility index (Phi) is 3.41. The monoisotopic (exact) mass is 297 g/mol. The Bertz CT molecular complexity index is 883. The van der Waals surface area contributed by atoms with Crippen LogP contribution in [0.2, 0.25) is 0 Å². The average Bonchev–Trinajstić information content (AvgIpc) is 2.75. The number of aryl methyl sites for hydroxylation is 2. The van der Waals surface area contributed by atoms with E-state index in [9.17, 15) is 9.18 Å². The lowest BCUT2D eigenvalue weighted by Gasteiger charge is -2.11. The largest absolute Gasteiger partial charge is 0.339 e. The highest BCUT2D eigenvalue weighted by Gasteiger charge is 2.20. The van der Waals surface area contributed by atoms with Crippen molar-refractivity contribution in [2.45, 2.75) is 13.8 Å². The highest BCUT2D eigenvalue weighted by Crippen LogP contribution is 2.31. The van der Waals surface area contributed by atoms with Gasteiger partial charge in [-0.1, -0.05) is 6.07 Å². The fraction of sp³-hybridized carbons (Fsp3) is 0.176. The number of ketones is 1. The molecular formula is C17H16FN3O. The molecule has 1 N–H and O–H groups in total. The molecule has 3 aromatic rings. The first-order valence-corrected chi connectivity index (χ1v) is 6.96. The highest BCUT2D eigenvalue weighted by atomic mass is 19.1. The number of carbonyl (C=O) groups is 1. The third-order valence-electron chi connectivity index (χ3n) is 3.68.